The molecule has 0 aromatic rings. The lowest BCUT2D eigenvalue weighted by molar-refractivity contribution is -0.227. The van der Waals surface area contributed by atoms with Crippen LogP contribution in [-0.2, 0) is 9.59 Å². The van der Waals surface area contributed by atoms with Gasteiger partial charge in [0.1, 0.15) is 6.29 Å². The van der Waals surface area contributed by atoms with Gasteiger partial charge in [0.25, 0.3) is 0 Å². The summed E-state index contributed by atoms with van der Waals surface area (Å²) >= 11 is 0. The highest BCUT2D eigenvalue weighted by molar-refractivity contribution is 6.03. The Kier molecular flexibility index (Phi) is 5.08. The van der Waals surface area contributed by atoms with E-state index in [9.17, 15) is 14.7 Å². The molecule has 0 heterocycles. The zero-order valence-corrected chi connectivity index (χ0v) is 22.1. The number of allylic oxidation sites excluding steroid dienone is 2. The Morgan fingerprint density at radius 3 is 2.21 bits per heavy atom. The third kappa shape index (κ3) is 2.72. The highest BCUT2D eigenvalue weighted by atomic mass is 16.3. The van der Waals surface area contributed by atoms with Crippen LogP contribution in [-0.4, -0.2) is 23.3 Å². The smallest absolute Gasteiger partial charge is 0.160 e. The average molecular weight is 455 g/mol. The number of hydrogen-bond acceptors (Lipinski definition) is 3. The van der Waals surface area contributed by atoms with E-state index in [1.54, 1.807) is 0 Å². The molecule has 4 saturated carbocycles. The number of aliphatic hydroxyl groups is 1. The van der Waals surface area contributed by atoms with E-state index in [-0.39, 0.29) is 39.5 Å². The monoisotopic (exact) mass is 454 g/mol. The molecule has 4 fully saturated rings. The quantitative estimate of drug-likeness (QED) is 0.483. The minimum atomic E-state index is -0.526. The Hall–Kier alpha value is -0.960. The van der Waals surface area contributed by atoms with Gasteiger partial charge in [-0.2, -0.15) is 0 Å². The summed E-state index contributed by atoms with van der Waals surface area (Å²) in [5, 5.41) is 10.9. The molecule has 5 aliphatic carbocycles. The number of hydrogen-bond donors (Lipinski definition) is 1. The lowest BCUT2D eigenvalue weighted by Gasteiger charge is -2.72. The first-order valence-electron chi connectivity index (χ1n) is 13.7. The number of carbonyl (C=O) groups is 2. The van der Waals surface area contributed by atoms with Crippen LogP contribution < -0.4 is 0 Å². The van der Waals surface area contributed by atoms with E-state index in [1.165, 1.54) is 24.8 Å². The van der Waals surface area contributed by atoms with E-state index in [0.29, 0.717) is 24.2 Å². The highest BCUT2D eigenvalue weighted by Crippen LogP contribution is 2.76. The molecule has 0 bridgehead atoms. The number of aliphatic hydroxyl groups excluding tert-OH is 1. The standard InChI is InChI=1S/C30H46O3/c1-18(2)24-20(32)16-30(17-31)15-14-28(6)19(25(24)30)8-9-22-27(5)12-11-23(33)26(3,4)21(27)10-13-29(22,28)7/h17-19,21-23,33H,8-16H2,1-7H3/t19-,21?,22-,23+,27+,28-,29-,30+/m1/s1. The molecule has 0 aliphatic heterocycles. The van der Waals surface area contributed by atoms with Crippen molar-refractivity contribution in [3.63, 3.8) is 0 Å². The lowest BCUT2D eigenvalue weighted by atomic mass is 9.33. The third-order valence-corrected chi connectivity index (χ3v) is 12.7. The Balaban J connectivity index is 1.61. The minimum absolute atomic E-state index is 0.0312. The fourth-order valence-electron chi connectivity index (χ4n) is 10.8. The second-order valence-electron chi connectivity index (χ2n) is 14.3. The first-order valence-corrected chi connectivity index (χ1v) is 13.7. The lowest BCUT2D eigenvalue weighted by Crippen LogP contribution is -2.65. The largest absolute Gasteiger partial charge is 0.393 e. The predicted molar refractivity (Wildman–Crippen MR) is 131 cm³/mol. The van der Waals surface area contributed by atoms with E-state index < -0.39 is 5.41 Å². The van der Waals surface area contributed by atoms with Gasteiger partial charge in [0.2, 0.25) is 0 Å². The third-order valence-electron chi connectivity index (χ3n) is 12.7. The first-order chi connectivity index (χ1) is 15.3. The van der Waals surface area contributed by atoms with Gasteiger partial charge in [0, 0.05) is 6.42 Å². The molecule has 3 heteroatoms. The number of rotatable bonds is 2. The van der Waals surface area contributed by atoms with Crippen LogP contribution in [0, 0.1) is 50.7 Å². The summed E-state index contributed by atoms with van der Waals surface area (Å²) in [4.78, 5) is 25.7. The normalized spacial score (nSPS) is 51.0. The summed E-state index contributed by atoms with van der Waals surface area (Å²) in [6.07, 6.45) is 9.99. The molecule has 0 saturated heterocycles. The topological polar surface area (TPSA) is 54.4 Å². The van der Waals surface area contributed by atoms with Crippen LogP contribution in [0.15, 0.2) is 11.1 Å². The van der Waals surface area contributed by atoms with E-state index in [0.717, 1.165) is 44.0 Å². The maximum absolute atomic E-state index is 13.2. The second-order valence-corrected chi connectivity index (χ2v) is 14.3. The zero-order chi connectivity index (χ0) is 24.2. The Morgan fingerprint density at radius 2 is 1.58 bits per heavy atom. The van der Waals surface area contributed by atoms with Crippen LogP contribution in [0.2, 0.25) is 0 Å². The first kappa shape index (κ1) is 23.8. The van der Waals surface area contributed by atoms with Crippen LogP contribution in [0.25, 0.3) is 0 Å². The number of aldehydes is 1. The van der Waals surface area contributed by atoms with Gasteiger partial charge < -0.3 is 9.90 Å². The molecule has 5 rings (SSSR count). The number of fused-ring (bicyclic) bond motifs is 7. The highest BCUT2D eigenvalue weighted by Gasteiger charge is 2.69. The summed E-state index contributed by atoms with van der Waals surface area (Å²) < 4.78 is 0. The minimum Gasteiger partial charge on any atom is -0.393 e. The molecule has 184 valence electrons. The molecule has 0 radical (unpaired) electrons. The second kappa shape index (κ2) is 7.05. The molecular formula is C30H46O3. The van der Waals surface area contributed by atoms with Crippen molar-refractivity contribution in [3.8, 4) is 0 Å². The van der Waals surface area contributed by atoms with Crippen molar-refractivity contribution in [1.29, 1.82) is 0 Å². The summed E-state index contributed by atoms with van der Waals surface area (Å²) in [6, 6.07) is 0. The molecule has 5 aliphatic rings. The molecule has 0 aromatic carbocycles. The van der Waals surface area contributed by atoms with Crippen molar-refractivity contribution in [2.45, 2.75) is 112 Å². The fourth-order valence-corrected chi connectivity index (χ4v) is 10.8. The van der Waals surface area contributed by atoms with E-state index in [2.05, 4.69) is 48.5 Å². The Labute approximate surface area is 201 Å². The summed E-state index contributed by atoms with van der Waals surface area (Å²) in [5.41, 5.74) is 2.29. The van der Waals surface area contributed by atoms with E-state index in [4.69, 9.17) is 0 Å². The molecule has 0 spiro atoms. The molecule has 0 aromatic heterocycles. The predicted octanol–water partition coefficient (Wildman–Crippen LogP) is 6.53. The van der Waals surface area contributed by atoms with Gasteiger partial charge in [-0.25, -0.2) is 0 Å². The molecule has 0 amide bonds. The van der Waals surface area contributed by atoms with Crippen LogP contribution in [0.5, 0.6) is 0 Å². The fraction of sp³-hybridized carbons (Fsp3) is 0.867. The van der Waals surface area contributed by atoms with Crippen molar-refractivity contribution < 1.29 is 14.7 Å². The van der Waals surface area contributed by atoms with Gasteiger partial charge in [-0.1, -0.05) is 48.5 Å². The summed E-state index contributed by atoms with van der Waals surface area (Å²) in [7, 11) is 0. The van der Waals surface area contributed by atoms with Crippen LogP contribution in [0.4, 0.5) is 0 Å². The molecule has 1 unspecified atom stereocenters. The van der Waals surface area contributed by atoms with Gasteiger partial charge in [-0.15, -0.1) is 0 Å². The average Bonchev–Trinajstić information content (AvgIpc) is 3.04. The van der Waals surface area contributed by atoms with Crippen molar-refractivity contribution in [1.82, 2.24) is 0 Å². The van der Waals surface area contributed by atoms with Gasteiger partial charge >= 0.3 is 0 Å². The molecule has 33 heavy (non-hydrogen) atoms. The zero-order valence-electron chi connectivity index (χ0n) is 22.1. The Bertz CT molecular complexity index is 914. The summed E-state index contributed by atoms with van der Waals surface area (Å²) in [6.45, 7) is 16.5. The number of ketones is 1. The Morgan fingerprint density at radius 1 is 0.879 bits per heavy atom. The molecule has 8 atom stereocenters. The van der Waals surface area contributed by atoms with E-state index >= 15 is 0 Å². The van der Waals surface area contributed by atoms with Crippen molar-refractivity contribution in [3.05, 3.63) is 11.1 Å². The van der Waals surface area contributed by atoms with Crippen LogP contribution in [0.3, 0.4) is 0 Å². The van der Waals surface area contributed by atoms with Crippen LogP contribution in [0.1, 0.15) is 106 Å². The maximum Gasteiger partial charge on any atom is 0.160 e. The van der Waals surface area contributed by atoms with Crippen molar-refractivity contribution in [2.24, 2.45) is 50.7 Å². The number of carbonyl (C=O) groups excluding carboxylic acids is 2. The number of Topliss-reactive ketones (excluding diaryl/α,β-unsaturated/α-hetero) is 1. The maximum atomic E-state index is 13.2. The van der Waals surface area contributed by atoms with Crippen LogP contribution >= 0.6 is 0 Å². The van der Waals surface area contributed by atoms with Gasteiger partial charge in [0.05, 0.1) is 11.5 Å². The molecule has 1 N–H and O–H groups in total. The van der Waals surface area contributed by atoms with Gasteiger partial charge in [-0.05, 0) is 108 Å². The van der Waals surface area contributed by atoms with Gasteiger partial charge in [-0.3, -0.25) is 4.79 Å². The van der Waals surface area contributed by atoms with Gasteiger partial charge in [0.15, 0.2) is 5.78 Å². The SMILES string of the molecule is CC(C)C1=C2[C@H]3CC[C@@H]4[C@@]5(C)CC[C@H](O)C(C)(C)C5CC[C@@]4(C)[C@]3(C)CC[C@@]2(C=O)CC1=O. The molecule has 3 nitrogen and oxygen atoms in total. The van der Waals surface area contributed by atoms with Crippen molar-refractivity contribution in [2.75, 3.05) is 0 Å². The van der Waals surface area contributed by atoms with Crippen molar-refractivity contribution >= 4 is 12.1 Å². The molecular weight excluding hydrogens is 408 g/mol. The van der Waals surface area contributed by atoms with E-state index in [1.807, 2.05) is 0 Å². The summed E-state index contributed by atoms with van der Waals surface area (Å²) in [5.74, 6) is 1.98.